The summed E-state index contributed by atoms with van der Waals surface area (Å²) in [6.45, 7) is 2.83. The molecule has 2 aliphatic rings. The van der Waals surface area contributed by atoms with Crippen LogP contribution in [-0.2, 0) is 4.74 Å². The van der Waals surface area contributed by atoms with Crippen molar-refractivity contribution in [2.45, 2.75) is 31.4 Å². The third-order valence-electron chi connectivity index (χ3n) is 3.06. The summed E-state index contributed by atoms with van der Waals surface area (Å²) in [4.78, 5) is 0. The van der Waals surface area contributed by atoms with Crippen molar-refractivity contribution in [2.24, 2.45) is 0 Å². The lowest BCUT2D eigenvalue weighted by Crippen LogP contribution is -2.19. The van der Waals surface area contributed by atoms with Gasteiger partial charge in [-0.15, -0.1) is 0 Å². The van der Waals surface area contributed by atoms with Crippen molar-refractivity contribution in [3.8, 4) is 0 Å². The highest BCUT2D eigenvalue weighted by molar-refractivity contribution is 5.10. The number of nitrogens with one attached hydrogen (secondary N) is 1. The molecule has 0 aromatic carbocycles. The summed E-state index contributed by atoms with van der Waals surface area (Å²) in [5.41, 5.74) is 1.22. The fourth-order valence-electron chi connectivity index (χ4n) is 1.99. The van der Waals surface area contributed by atoms with Crippen molar-refractivity contribution in [1.82, 2.24) is 15.1 Å². The summed E-state index contributed by atoms with van der Waals surface area (Å²) in [5, 5.41) is 7.78. The molecule has 1 aliphatic heterocycles. The molecule has 4 nitrogen and oxygen atoms in total. The highest BCUT2D eigenvalue weighted by Gasteiger charge is 2.25. The second-order valence-corrected chi connectivity index (χ2v) is 4.40. The molecule has 2 heterocycles. The maximum Gasteiger partial charge on any atom is 0.0979 e. The van der Waals surface area contributed by atoms with Gasteiger partial charge in [0.05, 0.1) is 18.3 Å². The van der Waals surface area contributed by atoms with Crippen LogP contribution in [0.4, 0.5) is 0 Å². The molecular formula is C11H17N3O. The Hall–Kier alpha value is -0.870. The van der Waals surface area contributed by atoms with Gasteiger partial charge in [0.15, 0.2) is 0 Å². The minimum atomic E-state index is 0.194. The van der Waals surface area contributed by atoms with Crippen LogP contribution >= 0.6 is 0 Å². The average Bonchev–Trinajstić information content (AvgIpc) is 3.04. The zero-order valence-electron chi connectivity index (χ0n) is 8.85. The fraction of sp³-hybridized carbons (Fsp3) is 0.727. The van der Waals surface area contributed by atoms with E-state index in [0.29, 0.717) is 6.04 Å². The molecule has 0 bridgehead atoms. The molecule has 1 saturated heterocycles. The van der Waals surface area contributed by atoms with Gasteiger partial charge in [0.25, 0.3) is 0 Å². The maximum absolute atomic E-state index is 5.79. The van der Waals surface area contributed by atoms with E-state index in [1.165, 1.54) is 18.4 Å². The van der Waals surface area contributed by atoms with Crippen molar-refractivity contribution in [1.29, 1.82) is 0 Å². The van der Waals surface area contributed by atoms with Gasteiger partial charge in [-0.05, 0) is 25.8 Å². The zero-order chi connectivity index (χ0) is 10.1. The predicted molar refractivity (Wildman–Crippen MR) is 56.7 cm³/mol. The number of hydrogen-bond donors (Lipinski definition) is 1. The number of rotatable bonds is 2. The molecular weight excluding hydrogens is 190 g/mol. The van der Waals surface area contributed by atoms with E-state index >= 15 is 0 Å². The zero-order valence-corrected chi connectivity index (χ0v) is 8.85. The minimum absolute atomic E-state index is 0.194. The minimum Gasteiger partial charge on any atom is -0.372 e. The molecule has 3 rings (SSSR count). The molecule has 0 radical (unpaired) electrons. The van der Waals surface area contributed by atoms with E-state index in [4.69, 9.17) is 4.74 Å². The highest BCUT2D eigenvalue weighted by atomic mass is 16.5. The van der Waals surface area contributed by atoms with Crippen molar-refractivity contribution in [2.75, 3.05) is 19.7 Å². The van der Waals surface area contributed by atoms with Gasteiger partial charge in [0.2, 0.25) is 0 Å². The van der Waals surface area contributed by atoms with Gasteiger partial charge in [-0.2, -0.15) is 5.10 Å². The fourth-order valence-corrected chi connectivity index (χ4v) is 1.99. The summed E-state index contributed by atoms with van der Waals surface area (Å²) in [6, 6.07) is 0.664. The van der Waals surface area contributed by atoms with Crippen LogP contribution < -0.4 is 5.32 Å². The molecule has 1 atom stereocenters. The van der Waals surface area contributed by atoms with Gasteiger partial charge in [0.1, 0.15) is 0 Å². The SMILES string of the molecule is c1nn(C2CC2)cc1C1CNCCCO1. The van der Waals surface area contributed by atoms with Crippen LogP contribution in [0.3, 0.4) is 0 Å². The predicted octanol–water partition coefficient (Wildman–Crippen LogP) is 1.27. The van der Waals surface area contributed by atoms with Crippen molar-refractivity contribution in [3.63, 3.8) is 0 Å². The first-order valence-corrected chi connectivity index (χ1v) is 5.80. The van der Waals surface area contributed by atoms with Crippen molar-refractivity contribution >= 4 is 0 Å². The normalized spacial score (nSPS) is 27.6. The summed E-state index contributed by atoms with van der Waals surface area (Å²) in [7, 11) is 0. The third-order valence-corrected chi connectivity index (χ3v) is 3.06. The van der Waals surface area contributed by atoms with Crippen LogP contribution in [0.2, 0.25) is 0 Å². The summed E-state index contributed by atoms with van der Waals surface area (Å²) in [6.07, 6.45) is 7.97. The first-order chi connectivity index (χ1) is 7.43. The van der Waals surface area contributed by atoms with Crippen molar-refractivity contribution in [3.05, 3.63) is 18.0 Å². The molecule has 1 aromatic heterocycles. The van der Waals surface area contributed by atoms with Crippen LogP contribution in [-0.4, -0.2) is 29.5 Å². The van der Waals surface area contributed by atoms with E-state index in [-0.39, 0.29) is 6.10 Å². The van der Waals surface area contributed by atoms with E-state index in [1.54, 1.807) is 0 Å². The first-order valence-electron chi connectivity index (χ1n) is 5.80. The Kier molecular flexibility index (Phi) is 2.46. The van der Waals surface area contributed by atoms with Crippen LogP contribution in [0, 0.1) is 0 Å². The molecule has 1 aromatic rings. The first kappa shape index (κ1) is 9.36. The molecule has 2 fully saturated rings. The van der Waals surface area contributed by atoms with Crippen LogP contribution in [0.25, 0.3) is 0 Å². The summed E-state index contributed by atoms with van der Waals surface area (Å²) >= 11 is 0. The number of ether oxygens (including phenoxy) is 1. The number of nitrogens with zero attached hydrogens (tertiary/aromatic N) is 2. The smallest absolute Gasteiger partial charge is 0.0979 e. The van der Waals surface area contributed by atoms with E-state index in [0.717, 1.165) is 26.1 Å². The molecule has 4 heteroatoms. The highest BCUT2D eigenvalue weighted by Crippen LogP contribution is 2.34. The Balaban J connectivity index is 1.72. The largest absolute Gasteiger partial charge is 0.372 e. The second kappa shape index (κ2) is 3.94. The van der Waals surface area contributed by atoms with Crippen LogP contribution in [0.1, 0.15) is 37.0 Å². The van der Waals surface area contributed by atoms with Gasteiger partial charge in [0, 0.05) is 24.9 Å². The molecule has 1 aliphatic carbocycles. The van der Waals surface area contributed by atoms with Gasteiger partial charge >= 0.3 is 0 Å². The molecule has 1 unspecified atom stereocenters. The average molecular weight is 207 g/mol. The van der Waals surface area contributed by atoms with E-state index in [9.17, 15) is 0 Å². The standard InChI is InChI=1S/C11H17N3O/c1-4-12-7-11(15-5-1)9-6-13-14(8-9)10-2-3-10/h6,8,10-12H,1-5,7H2. The van der Waals surface area contributed by atoms with Gasteiger partial charge in [-0.25, -0.2) is 0 Å². The Morgan fingerprint density at radius 1 is 1.47 bits per heavy atom. The molecule has 1 N–H and O–H groups in total. The topological polar surface area (TPSA) is 39.1 Å². The molecule has 0 spiro atoms. The second-order valence-electron chi connectivity index (χ2n) is 4.40. The van der Waals surface area contributed by atoms with Gasteiger partial charge in [-0.3, -0.25) is 4.68 Å². The van der Waals surface area contributed by atoms with Crippen LogP contribution in [0.5, 0.6) is 0 Å². The number of hydrogen-bond acceptors (Lipinski definition) is 3. The molecule has 1 saturated carbocycles. The molecule has 15 heavy (non-hydrogen) atoms. The lowest BCUT2D eigenvalue weighted by Gasteiger charge is -2.12. The third kappa shape index (κ3) is 2.06. The Morgan fingerprint density at radius 3 is 3.27 bits per heavy atom. The Bertz CT molecular complexity index is 324. The summed E-state index contributed by atoms with van der Waals surface area (Å²) < 4.78 is 7.87. The Morgan fingerprint density at radius 2 is 2.40 bits per heavy atom. The monoisotopic (exact) mass is 207 g/mol. The number of aromatic nitrogens is 2. The van der Waals surface area contributed by atoms with Crippen LogP contribution in [0.15, 0.2) is 12.4 Å². The van der Waals surface area contributed by atoms with Gasteiger partial charge < -0.3 is 10.1 Å². The lowest BCUT2D eigenvalue weighted by molar-refractivity contribution is 0.0668. The maximum atomic E-state index is 5.79. The quantitative estimate of drug-likeness (QED) is 0.793. The van der Waals surface area contributed by atoms with E-state index in [1.807, 2.05) is 6.20 Å². The lowest BCUT2D eigenvalue weighted by atomic mass is 10.2. The van der Waals surface area contributed by atoms with Gasteiger partial charge in [-0.1, -0.05) is 0 Å². The molecule has 0 amide bonds. The molecule has 82 valence electrons. The van der Waals surface area contributed by atoms with E-state index < -0.39 is 0 Å². The van der Waals surface area contributed by atoms with Crippen molar-refractivity contribution < 1.29 is 4.74 Å². The Labute approximate surface area is 89.6 Å². The summed E-state index contributed by atoms with van der Waals surface area (Å²) in [5.74, 6) is 0. The van der Waals surface area contributed by atoms with E-state index in [2.05, 4.69) is 21.3 Å².